The van der Waals surface area contributed by atoms with Crippen LogP contribution < -0.4 is 10.9 Å². The molecule has 1 atom stereocenters. The van der Waals surface area contributed by atoms with Gasteiger partial charge in [-0.2, -0.15) is 13.2 Å². The van der Waals surface area contributed by atoms with Crippen molar-refractivity contribution in [2.45, 2.75) is 31.7 Å². The number of aromatic nitrogens is 3. The maximum absolute atomic E-state index is 13.0. The topological polar surface area (TPSA) is 89.3 Å². The molecule has 0 amide bonds. The van der Waals surface area contributed by atoms with Crippen LogP contribution in [0.25, 0.3) is 22.0 Å². The molecular formula is C21H21F3N4O3. The van der Waals surface area contributed by atoms with Crippen molar-refractivity contribution >= 4 is 16.7 Å². The smallest absolute Gasteiger partial charge is 0.386 e. The van der Waals surface area contributed by atoms with E-state index in [-0.39, 0.29) is 29.9 Å². The molecule has 4 rings (SSSR count). The first-order valence-corrected chi connectivity index (χ1v) is 9.82. The number of alkyl halides is 3. The van der Waals surface area contributed by atoms with Gasteiger partial charge in [0.25, 0.3) is 5.56 Å². The Labute approximate surface area is 175 Å². The Kier molecular flexibility index (Phi) is 5.44. The number of halogens is 3. The van der Waals surface area contributed by atoms with Gasteiger partial charge in [-0.25, -0.2) is 9.97 Å². The van der Waals surface area contributed by atoms with Gasteiger partial charge in [0.15, 0.2) is 0 Å². The van der Waals surface area contributed by atoms with Gasteiger partial charge in [-0.15, -0.1) is 0 Å². The van der Waals surface area contributed by atoms with Crippen LogP contribution in [0, 0.1) is 0 Å². The van der Waals surface area contributed by atoms with Crippen LogP contribution in [0.1, 0.15) is 18.9 Å². The fourth-order valence-corrected chi connectivity index (χ4v) is 3.56. The van der Waals surface area contributed by atoms with Crippen LogP contribution in [0.3, 0.4) is 0 Å². The van der Waals surface area contributed by atoms with E-state index < -0.39 is 17.3 Å². The fourth-order valence-electron chi connectivity index (χ4n) is 3.56. The predicted octanol–water partition coefficient (Wildman–Crippen LogP) is 3.06. The van der Waals surface area contributed by atoms with Crippen molar-refractivity contribution in [3.63, 3.8) is 0 Å². The molecule has 0 aliphatic carbocycles. The van der Waals surface area contributed by atoms with Gasteiger partial charge in [-0.1, -0.05) is 12.1 Å². The highest BCUT2D eigenvalue weighted by Gasteiger charge is 2.33. The minimum absolute atomic E-state index is 0.134. The lowest BCUT2D eigenvalue weighted by Gasteiger charge is -2.21. The number of rotatable bonds is 5. The number of hydrogen-bond acceptors (Lipinski definition) is 6. The van der Waals surface area contributed by atoms with Crippen LogP contribution in [0.5, 0.6) is 0 Å². The third-order valence-corrected chi connectivity index (χ3v) is 5.38. The number of nitrogens with one attached hydrogen (secondary N) is 1. The van der Waals surface area contributed by atoms with E-state index in [0.717, 1.165) is 12.1 Å². The first-order valence-electron chi connectivity index (χ1n) is 9.82. The van der Waals surface area contributed by atoms with Gasteiger partial charge in [-0.05, 0) is 24.6 Å². The zero-order chi connectivity index (χ0) is 22.2. The summed E-state index contributed by atoms with van der Waals surface area (Å²) in [5, 5.41) is 13.8. The van der Waals surface area contributed by atoms with Gasteiger partial charge >= 0.3 is 6.18 Å². The number of nitrogens with zero attached hydrogens (tertiary/aromatic N) is 3. The highest BCUT2D eigenvalue weighted by Crippen LogP contribution is 2.33. The molecule has 7 nitrogen and oxygen atoms in total. The Balaban J connectivity index is 1.79. The molecule has 0 unspecified atom stereocenters. The lowest BCUT2D eigenvalue weighted by Crippen LogP contribution is -2.37. The van der Waals surface area contributed by atoms with Gasteiger partial charge in [0.2, 0.25) is 0 Å². The van der Waals surface area contributed by atoms with Crippen molar-refractivity contribution in [1.82, 2.24) is 14.5 Å². The number of anilines is 1. The molecule has 3 aromatic rings. The summed E-state index contributed by atoms with van der Waals surface area (Å²) in [6.45, 7) is 2.95. The second-order valence-electron chi connectivity index (χ2n) is 7.54. The molecule has 164 valence electrons. The second kappa shape index (κ2) is 7.93. The first-order chi connectivity index (χ1) is 14.7. The van der Waals surface area contributed by atoms with E-state index in [1.165, 1.54) is 29.2 Å². The highest BCUT2D eigenvalue weighted by molar-refractivity contribution is 5.98. The Bertz CT molecular complexity index is 1150. The third-order valence-electron chi connectivity index (χ3n) is 5.38. The lowest BCUT2D eigenvalue weighted by atomic mass is 10.0. The first kappa shape index (κ1) is 21.3. The molecule has 2 N–H and O–H groups in total. The number of ether oxygens (including phenoxy) is 1. The monoisotopic (exact) mass is 434 g/mol. The number of benzene rings is 1. The molecule has 1 saturated heterocycles. The number of aliphatic hydroxyl groups is 1. The van der Waals surface area contributed by atoms with Crippen LogP contribution in [-0.2, 0) is 17.5 Å². The SMILES string of the molecule is CCn1cnc2c(-c3ccc(C(F)(F)F)cc3)cnc(NC[C@@]3(O)CCOC3)c2c1=O. The quantitative estimate of drug-likeness (QED) is 0.642. The van der Waals surface area contributed by atoms with E-state index in [0.29, 0.717) is 36.2 Å². The maximum atomic E-state index is 13.0. The van der Waals surface area contributed by atoms with E-state index in [1.54, 1.807) is 6.92 Å². The van der Waals surface area contributed by atoms with Gasteiger partial charge < -0.3 is 15.2 Å². The Morgan fingerprint density at radius 3 is 2.61 bits per heavy atom. The molecule has 2 aromatic heterocycles. The molecule has 1 fully saturated rings. The third kappa shape index (κ3) is 4.13. The summed E-state index contributed by atoms with van der Waals surface area (Å²) in [5.41, 5.74) is -0.933. The molecule has 1 aliphatic rings. The molecular weight excluding hydrogens is 413 g/mol. The zero-order valence-electron chi connectivity index (χ0n) is 16.7. The van der Waals surface area contributed by atoms with E-state index in [4.69, 9.17) is 4.74 Å². The molecule has 10 heteroatoms. The van der Waals surface area contributed by atoms with Crippen molar-refractivity contribution in [1.29, 1.82) is 0 Å². The largest absolute Gasteiger partial charge is 0.416 e. The van der Waals surface area contributed by atoms with Crippen LogP contribution in [0.2, 0.25) is 0 Å². The Morgan fingerprint density at radius 1 is 1.26 bits per heavy atom. The number of pyridine rings is 1. The molecule has 1 aromatic carbocycles. The summed E-state index contributed by atoms with van der Waals surface area (Å²) in [6.07, 6.45) is -1.12. The second-order valence-corrected chi connectivity index (χ2v) is 7.54. The minimum Gasteiger partial charge on any atom is -0.386 e. The van der Waals surface area contributed by atoms with Gasteiger partial charge in [0.05, 0.1) is 24.0 Å². The van der Waals surface area contributed by atoms with E-state index in [1.807, 2.05) is 0 Å². The molecule has 31 heavy (non-hydrogen) atoms. The average molecular weight is 434 g/mol. The summed E-state index contributed by atoms with van der Waals surface area (Å²) in [4.78, 5) is 21.8. The lowest BCUT2D eigenvalue weighted by molar-refractivity contribution is -0.137. The minimum atomic E-state index is -4.44. The number of fused-ring (bicyclic) bond motifs is 1. The highest BCUT2D eigenvalue weighted by atomic mass is 19.4. The summed E-state index contributed by atoms with van der Waals surface area (Å²) in [6, 6.07) is 4.63. The van der Waals surface area contributed by atoms with Crippen molar-refractivity contribution in [2.24, 2.45) is 0 Å². The molecule has 0 saturated carbocycles. The molecule has 1 aliphatic heterocycles. The van der Waals surface area contributed by atoms with Gasteiger partial charge in [-0.3, -0.25) is 9.36 Å². The summed E-state index contributed by atoms with van der Waals surface area (Å²) in [7, 11) is 0. The summed E-state index contributed by atoms with van der Waals surface area (Å²) < 4.78 is 45.4. The summed E-state index contributed by atoms with van der Waals surface area (Å²) >= 11 is 0. The van der Waals surface area contributed by atoms with Crippen molar-refractivity contribution in [3.05, 3.63) is 52.7 Å². The van der Waals surface area contributed by atoms with Gasteiger partial charge in [0.1, 0.15) is 16.8 Å². The van der Waals surface area contributed by atoms with Gasteiger partial charge in [0, 0.05) is 37.9 Å². The molecule has 0 bridgehead atoms. The van der Waals surface area contributed by atoms with Crippen molar-refractivity contribution in [3.8, 4) is 11.1 Å². The van der Waals surface area contributed by atoms with E-state index in [2.05, 4.69) is 15.3 Å². The van der Waals surface area contributed by atoms with Crippen LogP contribution in [0.4, 0.5) is 19.0 Å². The predicted molar refractivity (Wildman–Crippen MR) is 109 cm³/mol. The van der Waals surface area contributed by atoms with Crippen molar-refractivity contribution in [2.75, 3.05) is 25.1 Å². The Hall–Kier alpha value is -2.98. The fraction of sp³-hybridized carbons (Fsp3) is 0.381. The van der Waals surface area contributed by atoms with Crippen LogP contribution in [-0.4, -0.2) is 45.0 Å². The van der Waals surface area contributed by atoms with Crippen molar-refractivity contribution < 1.29 is 23.0 Å². The van der Waals surface area contributed by atoms with E-state index >= 15 is 0 Å². The zero-order valence-corrected chi connectivity index (χ0v) is 16.7. The normalized spacial score (nSPS) is 19.1. The standard InChI is InChI=1S/C21H21F3N4O3/c1-2-28-12-27-17-15(13-3-5-14(6-4-13)21(22,23)24)9-25-18(16(17)19(28)29)26-10-20(30)7-8-31-11-20/h3-6,9,12,30H,2,7-8,10-11H2,1H3,(H,25,26)/t20-/m0/s1. The summed E-state index contributed by atoms with van der Waals surface area (Å²) in [5.74, 6) is 0.256. The molecule has 0 radical (unpaired) electrons. The maximum Gasteiger partial charge on any atom is 0.416 e. The molecule has 3 heterocycles. The van der Waals surface area contributed by atoms with Crippen LogP contribution >= 0.6 is 0 Å². The number of aryl methyl sites for hydroxylation is 1. The average Bonchev–Trinajstić information content (AvgIpc) is 3.18. The van der Waals surface area contributed by atoms with E-state index in [9.17, 15) is 23.1 Å². The molecule has 0 spiro atoms. The Morgan fingerprint density at radius 2 is 2.00 bits per heavy atom. The number of hydrogen-bond donors (Lipinski definition) is 2. The van der Waals surface area contributed by atoms with Crippen LogP contribution in [0.15, 0.2) is 41.6 Å².